The molecule has 0 saturated carbocycles. The zero-order valence-electron chi connectivity index (χ0n) is 23.0. The number of rotatable bonds is 7. The Bertz CT molecular complexity index is 1540. The number of carbonyl (C=O) groups is 2. The Morgan fingerprint density at radius 2 is 1.93 bits per heavy atom. The van der Waals surface area contributed by atoms with Gasteiger partial charge in [-0.05, 0) is 31.7 Å². The van der Waals surface area contributed by atoms with Crippen LogP contribution in [0.4, 0.5) is 27.6 Å². The molecule has 0 unspecified atom stereocenters. The number of anilines is 1. The van der Waals surface area contributed by atoms with Crippen molar-refractivity contribution in [1.82, 2.24) is 25.1 Å². The molecule has 2 heterocycles. The number of fused-ring (bicyclic) bond motifs is 1. The van der Waals surface area contributed by atoms with Crippen molar-refractivity contribution in [3.05, 3.63) is 53.1 Å². The number of hydrogen-bond acceptors (Lipinski definition) is 6. The van der Waals surface area contributed by atoms with Gasteiger partial charge >= 0.3 is 6.18 Å². The van der Waals surface area contributed by atoms with Crippen molar-refractivity contribution in [2.75, 3.05) is 46.2 Å². The number of aromatic nitrogens is 2. The van der Waals surface area contributed by atoms with Gasteiger partial charge in [-0.1, -0.05) is 11.8 Å². The third-order valence-corrected chi connectivity index (χ3v) is 6.74. The van der Waals surface area contributed by atoms with E-state index in [1.807, 2.05) is 0 Å². The minimum atomic E-state index is -4.54. The van der Waals surface area contributed by atoms with Gasteiger partial charge in [0.1, 0.15) is 29.8 Å². The highest BCUT2D eigenvalue weighted by Crippen LogP contribution is 2.28. The van der Waals surface area contributed by atoms with E-state index in [-0.39, 0.29) is 52.3 Å². The summed E-state index contributed by atoms with van der Waals surface area (Å²) in [6.07, 6.45) is -4.49. The van der Waals surface area contributed by atoms with Crippen LogP contribution in [0, 0.1) is 17.7 Å². The van der Waals surface area contributed by atoms with Crippen molar-refractivity contribution < 1.29 is 36.3 Å². The van der Waals surface area contributed by atoms with Crippen LogP contribution in [-0.4, -0.2) is 85.5 Å². The summed E-state index contributed by atoms with van der Waals surface area (Å²) in [5.74, 6) is 3.64. The van der Waals surface area contributed by atoms with Gasteiger partial charge in [0.15, 0.2) is 0 Å². The van der Waals surface area contributed by atoms with Crippen molar-refractivity contribution >= 4 is 28.5 Å². The number of benzene rings is 2. The number of nitrogens with zero attached hydrogens (tertiary/aromatic N) is 3. The second-order valence-electron chi connectivity index (χ2n) is 9.79. The molecule has 9 nitrogen and oxygen atoms in total. The van der Waals surface area contributed by atoms with E-state index in [0.29, 0.717) is 13.0 Å². The van der Waals surface area contributed by atoms with E-state index < -0.39 is 42.6 Å². The summed E-state index contributed by atoms with van der Waals surface area (Å²) in [7, 11) is 4.46. The summed E-state index contributed by atoms with van der Waals surface area (Å²) in [5.41, 5.74) is 0.315. The second kappa shape index (κ2) is 12.6. The molecular formula is C28H29F5N6O3. The molecule has 1 aromatic heterocycles. The van der Waals surface area contributed by atoms with Gasteiger partial charge in [-0.15, -0.1) is 0 Å². The van der Waals surface area contributed by atoms with Crippen molar-refractivity contribution in [3.63, 3.8) is 0 Å². The first kappa shape index (κ1) is 30.6. The number of imidazole rings is 1. The molecule has 4 rings (SSSR count). The fourth-order valence-electron chi connectivity index (χ4n) is 4.65. The summed E-state index contributed by atoms with van der Waals surface area (Å²) >= 11 is 0. The van der Waals surface area contributed by atoms with Gasteiger partial charge in [0, 0.05) is 31.8 Å². The van der Waals surface area contributed by atoms with Gasteiger partial charge in [-0.2, -0.15) is 13.2 Å². The van der Waals surface area contributed by atoms with E-state index in [1.165, 1.54) is 32.4 Å². The van der Waals surface area contributed by atoms with E-state index in [9.17, 15) is 31.5 Å². The van der Waals surface area contributed by atoms with Gasteiger partial charge < -0.3 is 30.2 Å². The SMILES string of the molecule is CNC(=O)c1cc(NCC#Cc2cc(C(=O)N[C@H]3CCN(C)C[C@@H]3F)c3ncn(CC(F)(F)F)c3c2)c(OC)cc1F. The molecule has 0 spiro atoms. The van der Waals surface area contributed by atoms with Crippen molar-refractivity contribution in [2.45, 2.75) is 31.4 Å². The van der Waals surface area contributed by atoms with E-state index in [2.05, 4.69) is 32.8 Å². The maximum atomic E-state index is 14.6. The first-order chi connectivity index (χ1) is 19.9. The first-order valence-electron chi connectivity index (χ1n) is 12.9. The standard InChI is InChI=1S/C28H29F5N6O3/c1-34-26(40)17-11-22(24(42-3)12-19(17)29)35-7-4-5-16-9-18(27(41)37-21-6-8-38(2)13-20(21)30)25-23(10-16)39(15-36-25)14-28(31,32)33/h9-12,15,20-21,35H,6-8,13-14H2,1-3H3,(H,34,40)(H,37,41)/t20-,21-/m0/s1. The van der Waals surface area contributed by atoms with Crippen LogP contribution in [0.2, 0.25) is 0 Å². The topological polar surface area (TPSA) is 101 Å². The highest BCUT2D eigenvalue weighted by Gasteiger charge is 2.31. The number of alkyl halides is 4. The molecule has 1 saturated heterocycles. The number of halogens is 5. The predicted octanol–water partition coefficient (Wildman–Crippen LogP) is 3.34. The molecule has 1 aliphatic heterocycles. The molecule has 3 N–H and O–H groups in total. The number of ether oxygens (including phenoxy) is 1. The highest BCUT2D eigenvalue weighted by molar-refractivity contribution is 6.05. The largest absolute Gasteiger partial charge is 0.494 e. The number of hydrogen-bond donors (Lipinski definition) is 3. The van der Waals surface area contributed by atoms with Crippen LogP contribution in [0.5, 0.6) is 5.75 Å². The van der Waals surface area contributed by atoms with E-state index in [0.717, 1.165) is 17.0 Å². The average Bonchev–Trinajstić information content (AvgIpc) is 3.32. The average molecular weight is 593 g/mol. The fraction of sp³-hybridized carbons (Fsp3) is 0.393. The second-order valence-corrected chi connectivity index (χ2v) is 9.79. The number of piperidine rings is 1. The molecular weight excluding hydrogens is 563 g/mol. The Morgan fingerprint density at radius 3 is 2.60 bits per heavy atom. The lowest BCUT2D eigenvalue weighted by Gasteiger charge is -2.32. The molecule has 0 bridgehead atoms. The maximum absolute atomic E-state index is 14.6. The molecule has 0 aliphatic carbocycles. The van der Waals surface area contributed by atoms with Crippen LogP contribution in [0.3, 0.4) is 0 Å². The summed E-state index contributed by atoms with van der Waals surface area (Å²) in [5, 5.41) is 7.92. The summed E-state index contributed by atoms with van der Waals surface area (Å²) in [6, 6.07) is 4.33. The molecule has 42 heavy (non-hydrogen) atoms. The molecule has 1 fully saturated rings. The van der Waals surface area contributed by atoms with Crippen LogP contribution in [-0.2, 0) is 6.54 Å². The minimum absolute atomic E-state index is 0.0292. The van der Waals surface area contributed by atoms with Gasteiger partial charge in [-0.3, -0.25) is 9.59 Å². The number of methoxy groups -OCH3 is 1. The van der Waals surface area contributed by atoms with Crippen molar-refractivity contribution in [2.24, 2.45) is 0 Å². The predicted molar refractivity (Wildman–Crippen MR) is 146 cm³/mol. The zero-order chi connectivity index (χ0) is 30.6. The Labute approximate surface area is 238 Å². The molecule has 224 valence electrons. The Kier molecular flexibility index (Phi) is 9.20. The zero-order valence-corrected chi connectivity index (χ0v) is 23.0. The molecule has 1 aliphatic rings. The summed E-state index contributed by atoms with van der Waals surface area (Å²) < 4.78 is 74.5. The lowest BCUT2D eigenvalue weighted by Crippen LogP contribution is -2.51. The Hall–Kier alpha value is -4.38. The summed E-state index contributed by atoms with van der Waals surface area (Å²) in [6.45, 7) is -0.649. The van der Waals surface area contributed by atoms with Crippen LogP contribution < -0.4 is 20.7 Å². The number of carbonyl (C=O) groups excluding carboxylic acids is 2. The Balaban J connectivity index is 1.63. The summed E-state index contributed by atoms with van der Waals surface area (Å²) in [4.78, 5) is 31.0. The molecule has 0 radical (unpaired) electrons. The van der Waals surface area contributed by atoms with Gasteiger partial charge in [-0.25, -0.2) is 13.8 Å². The normalized spacial score (nSPS) is 17.3. The lowest BCUT2D eigenvalue weighted by atomic mass is 10.0. The van der Waals surface area contributed by atoms with Crippen LogP contribution in [0.25, 0.3) is 11.0 Å². The van der Waals surface area contributed by atoms with Gasteiger partial charge in [0.2, 0.25) is 0 Å². The smallest absolute Gasteiger partial charge is 0.406 e. The van der Waals surface area contributed by atoms with E-state index in [1.54, 1.807) is 11.9 Å². The third-order valence-electron chi connectivity index (χ3n) is 6.74. The van der Waals surface area contributed by atoms with E-state index in [4.69, 9.17) is 4.74 Å². The quantitative estimate of drug-likeness (QED) is 0.288. The molecule has 2 amide bonds. The minimum Gasteiger partial charge on any atom is -0.494 e. The monoisotopic (exact) mass is 592 g/mol. The number of likely N-dealkylation sites (tertiary alicyclic amines) is 1. The fourth-order valence-corrected chi connectivity index (χ4v) is 4.65. The Morgan fingerprint density at radius 1 is 1.17 bits per heavy atom. The molecule has 2 aromatic carbocycles. The molecule has 14 heteroatoms. The van der Waals surface area contributed by atoms with Gasteiger partial charge in [0.05, 0.1) is 48.4 Å². The van der Waals surface area contributed by atoms with Crippen LogP contribution in [0.15, 0.2) is 30.6 Å². The van der Waals surface area contributed by atoms with Crippen molar-refractivity contribution in [1.29, 1.82) is 0 Å². The number of amides is 2. The molecule has 2 atom stereocenters. The number of nitrogens with one attached hydrogen (secondary N) is 3. The van der Waals surface area contributed by atoms with E-state index >= 15 is 0 Å². The molecule has 3 aromatic rings. The maximum Gasteiger partial charge on any atom is 0.406 e. The lowest BCUT2D eigenvalue weighted by molar-refractivity contribution is -0.139. The van der Waals surface area contributed by atoms with Gasteiger partial charge in [0.25, 0.3) is 11.8 Å². The first-order valence-corrected chi connectivity index (χ1v) is 12.9. The third kappa shape index (κ3) is 7.09. The highest BCUT2D eigenvalue weighted by atomic mass is 19.4. The van der Waals surface area contributed by atoms with Crippen molar-refractivity contribution in [3.8, 4) is 17.6 Å². The van der Waals surface area contributed by atoms with Crippen LogP contribution >= 0.6 is 0 Å². The van der Waals surface area contributed by atoms with Crippen LogP contribution in [0.1, 0.15) is 32.7 Å².